The average Bonchev–Trinajstić information content (AvgIpc) is 2.56. The lowest BCUT2D eigenvalue weighted by Gasteiger charge is -2.01. The van der Waals surface area contributed by atoms with E-state index in [9.17, 15) is 4.79 Å². The second-order valence-electron chi connectivity index (χ2n) is 4.42. The van der Waals surface area contributed by atoms with Crippen molar-refractivity contribution in [2.75, 3.05) is 0 Å². The Labute approximate surface area is 108 Å². The Morgan fingerprint density at radius 3 is 2.76 bits per heavy atom. The van der Waals surface area contributed by atoms with Gasteiger partial charge in [0.25, 0.3) is 0 Å². The quantitative estimate of drug-likeness (QED) is 0.940. The van der Waals surface area contributed by atoms with E-state index in [1.165, 1.54) is 5.56 Å². The molecule has 1 aromatic heterocycles. The highest BCUT2D eigenvalue weighted by Crippen LogP contribution is 2.29. The molecule has 0 aliphatic carbocycles. The summed E-state index contributed by atoms with van der Waals surface area (Å²) in [4.78, 5) is 10.8. The summed E-state index contributed by atoms with van der Waals surface area (Å²) in [5.74, 6) is -0.439. The molecule has 3 nitrogen and oxygen atoms in total. The second kappa shape index (κ2) is 4.53. The Balaban J connectivity index is 2.66. The van der Waals surface area contributed by atoms with Crippen LogP contribution in [0.5, 0.6) is 0 Å². The zero-order chi connectivity index (χ0) is 12.6. The highest BCUT2D eigenvalue weighted by atomic mass is 79.9. The summed E-state index contributed by atoms with van der Waals surface area (Å²) >= 11 is 3.42. The molecule has 90 valence electrons. The number of carboxylic acids is 1. The SMILES string of the molecule is CC(C)c1cn(CC(=O)O)c2cc(Br)ccc12. The fourth-order valence-corrected chi connectivity index (χ4v) is 2.38. The summed E-state index contributed by atoms with van der Waals surface area (Å²) in [6.07, 6.45) is 1.94. The summed E-state index contributed by atoms with van der Waals surface area (Å²) in [5, 5.41) is 10.0. The van der Waals surface area contributed by atoms with Crippen LogP contribution in [-0.2, 0) is 11.3 Å². The van der Waals surface area contributed by atoms with Crippen LogP contribution in [0.4, 0.5) is 0 Å². The molecule has 0 fully saturated rings. The first-order chi connectivity index (χ1) is 7.99. The van der Waals surface area contributed by atoms with E-state index in [-0.39, 0.29) is 6.54 Å². The minimum absolute atomic E-state index is 0.000324. The lowest BCUT2D eigenvalue weighted by atomic mass is 10.0. The van der Waals surface area contributed by atoms with Gasteiger partial charge in [0.2, 0.25) is 0 Å². The van der Waals surface area contributed by atoms with E-state index in [4.69, 9.17) is 5.11 Å². The molecule has 4 heteroatoms. The average molecular weight is 296 g/mol. The first-order valence-electron chi connectivity index (χ1n) is 5.49. The number of aliphatic carboxylic acids is 1. The predicted molar refractivity (Wildman–Crippen MR) is 71.4 cm³/mol. The molecule has 1 heterocycles. The highest BCUT2D eigenvalue weighted by molar-refractivity contribution is 9.10. The number of rotatable bonds is 3. The number of fused-ring (bicyclic) bond motifs is 1. The largest absolute Gasteiger partial charge is 0.480 e. The molecule has 0 spiro atoms. The van der Waals surface area contributed by atoms with Crippen molar-refractivity contribution in [3.63, 3.8) is 0 Å². The fourth-order valence-electron chi connectivity index (χ4n) is 2.03. The summed E-state index contributed by atoms with van der Waals surface area (Å²) in [6.45, 7) is 4.23. The van der Waals surface area contributed by atoms with Gasteiger partial charge >= 0.3 is 5.97 Å². The third-order valence-electron chi connectivity index (χ3n) is 2.80. The normalized spacial score (nSPS) is 11.3. The predicted octanol–water partition coefficient (Wildman–Crippen LogP) is 3.61. The van der Waals surface area contributed by atoms with Crippen LogP contribution in [-0.4, -0.2) is 15.6 Å². The number of aromatic nitrogens is 1. The third kappa shape index (κ3) is 2.36. The molecule has 0 amide bonds. The van der Waals surface area contributed by atoms with E-state index < -0.39 is 5.97 Å². The van der Waals surface area contributed by atoms with Crippen LogP contribution in [0.2, 0.25) is 0 Å². The number of halogens is 1. The van der Waals surface area contributed by atoms with Crippen molar-refractivity contribution in [1.82, 2.24) is 4.57 Å². The first kappa shape index (κ1) is 12.2. The Bertz CT molecular complexity index is 572. The van der Waals surface area contributed by atoms with Gasteiger partial charge in [0.1, 0.15) is 6.54 Å². The van der Waals surface area contributed by atoms with Gasteiger partial charge in [0.15, 0.2) is 0 Å². The Morgan fingerprint density at radius 1 is 1.47 bits per heavy atom. The number of benzene rings is 1. The summed E-state index contributed by atoms with van der Waals surface area (Å²) < 4.78 is 2.75. The smallest absolute Gasteiger partial charge is 0.323 e. The van der Waals surface area contributed by atoms with Gasteiger partial charge in [-0.05, 0) is 23.6 Å². The standard InChI is InChI=1S/C13H14BrNO2/c1-8(2)11-6-15(7-13(16)17)12-5-9(14)3-4-10(11)12/h3-6,8H,7H2,1-2H3,(H,16,17). The molecule has 0 unspecified atom stereocenters. The molecule has 0 saturated heterocycles. The van der Waals surface area contributed by atoms with Gasteiger partial charge in [-0.3, -0.25) is 4.79 Å². The van der Waals surface area contributed by atoms with Gasteiger partial charge in [0.05, 0.1) is 0 Å². The summed E-state index contributed by atoms with van der Waals surface area (Å²) in [5.41, 5.74) is 2.15. The van der Waals surface area contributed by atoms with E-state index in [1.54, 1.807) is 4.57 Å². The van der Waals surface area contributed by atoms with Gasteiger partial charge in [-0.1, -0.05) is 35.8 Å². The number of carboxylic acid groups (broad SMARTS) is 1. The maximum Gasteiger partial charge on any atom is 0.323 e. The molecule has 0 radical (unpaired) electrons. The second-order valence-corrected chi connectivity index (χ2v) is 5.34. The van der Waals surface area contributed by atoms with Crippen molar-refractivity contribution in [1.29, 1.82) is 0 Å². The maximum absolute atomic E-state index is 10.8. The van der Waals surface area contributed by atoms with Gasteiger partial charge < -0.3 is 9.67 Å². The van der Waals surface area contributed by atoms with E-state index in [0.29, 0.717) is 5.92 Å². The zero-order valence-corrected chi connectivity index (χ0v) is 11.4. The van der Waals surface area contributed by atoms with Crippen LogP contribution in [0.25, 0.3) is 10.9 Å². The van der Waals surface area contributed by atoms with Gasteiger partial charge in [-0.2, -0.15) is 0 Å². The Morgan fingerprint density at radius 2 is 2.18 bits per heavy atom. The number of nitrogens with zero attached hydrogens (tertiary/aromatic N) is 1. The summed E-state index contributed by atoms with van der Waals surface area (Å²) in [7, 11) is 0. The molecule has 0 atom stereocenters. The van der Waals surface area contributed by atoms with Crippen LogP contribution in [0.1, 0.15) is 25.3 Å². The molecule has 1 N–H and O–H groups in total. The number of carbonyl (C=O) groups is 1. The first-order valence-corrected chi connectivity index (χ1v) is 6.28. The lowest BCUT2D eigenvalue weighted by molar-refractivity contribution is -0.137. The molecule has 1 aromatic carbocycles. The van der Waals surface area contributed by atoms with Crippen LogP contribution in [0.15, 0.2) is 28.9 Å². The van der Waals surface area contributed by atoms with Crippen molar-refractivity contribution >= 4 is 32.8 Å². The minimum atomic E-state index is -0.822. The molecule has 2 aromatic rings. The van der Waals surface area contributed by atoms with Crippen molar-refractivity contribution in [3.8, 4) is 0 Å². The molecule has 0 aliphatic heterocycles. The Hall–Kier alpha value is -1.29. The highest BCUT2D eigenvalue weighted by Gasteiger charge is 2.13. The van der Waals surface area contributed by atoms with E-state index in [2.05, 4.69) is 29.8 Å². The van der Waals surface area contributed by atoms with Gasteiger partial charge in [0, 0.05) is 21.6 Å². The van der Waals surface area contributed by atoms with Crippen molar-refractivity contribution in [2.24, 2.45) is 0 Å². The molecular formula is C13H14BrNO2. The van der Waals surface area contributed by atoms with E-state index in [0.717, 1.165) is 15.4 Å². The lowest BCUT2D eigenvalue weighted by Crippen LogP contribution is -2.07. The van der Waals surface area contributed by atoms with E-state index in [1.807, 2.05) is 24.4 Å². The molecule has 0 saturated carbocycles. The number of hydrogen-bond donors (Lipinski definition) is 1. The van der Waals surface area contributed by atoms with Crippen LogP contribution in [0.3, 0.4) is 0 Å². The molecule has 0 aliphatic rings. The minimum Gasteiger partial charge on any atom is -0.480 e. The zero-order valence-electron chi connectivity index (χ0n) is 9.77. The van der Waals surface area contributed by atoms with Gasteiger partial charge in [-0.15, -0.1) is 0 Å². The molecule has 2 rings (SSSR count). The maximum atomic E-state index is 10.8. The third-order valence-corrected chi connectivity index (χ3v) is 3.30. The van der Waals surface area contributed by atoms with Crippen LogP contribution < -0.4 is 0 Å². The number of hydrogen-bond acceptors (Lipinski definition) is 1. The summed E-state index contributed by atoms with van der Waals surface area (Å²) in [6, 6.07) is 5.98. The Kier molecular flexibility index (Phi) is 3.24. The van der Waals surface area contributed by atoms with Crippen molar-refractivity contribution < 1.29 is 9.90 Å². The van der Waals surface area contributed by atoms with Crippen LogP contribution in [0, 0.1) is 0 Å². The topological polar surface area (TPSA) is 42.2 Å². The van der Waals surface area contributed by atoms with Crippen molar-refractivity contribution in [2.45, 2.75) is 26.3 Å². The molecular weight excluding hydrogens is 282 g/mol. The van der Waals surface area contributed by atoms with Gasteiger partial charge in [-0.25, -0.2) is 0 Å². The van der Waals surface area contributed by atoms with Crippen LogP contribution >= 0.6 is 15.9 Å². The van der Waals surface area contributed by atoms with Crippen molar-refractivity contribution in [3.05, 3.63) is 34.4 Å². The monoisotopic (exact) mass is 295 g/mol. The molecule has 0 bridgehead atoms. The fraction of sp³-hybridized carbons (Fsp3) is 0.308. The van der Waals surface area contributed by atoms with E-state index >= 15 is 0 Å². The molecule has 17 heavy (non-hydrogen) atoms.